The van der Waals surface area contributed by atoms with Gasteiger partial charge in [0.25, 0.3) is 0 Å². The molecule has 0 aliphatic carbocycles. The van der Waals surface area contributed by atoms with Crippen molar-refractivity contribution in [3.63, 3.8) is 0 Å². The molecule has 0 N–H and O–H groups in total. The van der Waals surface area contributed by atoms with Gasteiger partial charge in [0.15, 0.2) is 0 Å². The monoisotopic (exact) mass is 552 g/mol. The highest BCUT2D eigenvalue weighted by molar-refractivity contribution is 9.11. The lowest BCUT2D eigenvalue weighted by molar-refractivity contribution is -0.441. The number of rotatable bonds is 5. The molecular weight excluding hydrogens is 551 g/mol. The summed E-state index contributed by atoms with van der Waals surface area (Å²) in [6.07, 6.45) is -7.43. The summed E-state index contributed by atoms with van der Waals surface area (Å²) >= 11 is 5.01. The largest absolute Gasteiger partial charge is 0.460 e. The molecule has 0 unspecified atom stereocenters. The molecule has 0 aliphatic rings. The fourth-order valence-corrected chi connectivity index (χ4v) is 2.98. The van der Waals surface area contributed by atoms with E-state index in [1.165, 1.54) is 0 Å². The van der Waals surface area contributed by atoms with Crippen molar-refractivity contribution in [2.24, 2.45) is 0 Å². The van der Waals surface area contributed by atoms with Gasteiger partial charge in [-0.2, -0.15) is 57.1 Å². The van der Waals surface area contributed by atoms with Crippen molar-refractivity contribution in [3.8, 4) is 0 Å². The highest BCUT2D eigenvalue weighted by Gasteiger charge is 2.90. The summed E-state index contributed by atoms with van der Waals surface area (Å²) in [6.45, 7) is 0. The molecule has 156 valence electrons. The van der Waals surface area contributed by atoms with E-state index in [2.05, 4.69) is 31.9 Å². The number of hydrogen-bond acceptors (Lipinski definition) is 0. The third-order valence-corrected chi connectivity index (χ3v) is 4.07. The lowest BCUT2D eigenvalue weighted by Gasteiger charge is -2.39. The predicted octanol–water partition coefficient (Wildman–Crippen LogP) is 7.41. The lowest BCUT2D eigenvalue weighted by Crippen LogP contribution is -2.69. The van der Waals surface area contributed by atoms with E-state index in [-0.39, 0.29) is 12.1 Å². The molecule has 1 rings (SSSR count). The van der Waals surface area contributed by atoms with Gasteiger partial charge in [-0.15, -0.1) is 0 Å². The minimum atomic E-state index is -7.91. The molecular formula is C12H3Br2F13. The van der Waals surface area contributed by atoms with E-state index >= 15 is 0 Å². The predicted molar refractivity (Wildman–Crippen MR) is 71.6 cm³/mol. The second-order valence-electron chi connectivity index (χ2n) is 5.03. The fourth-order valence-electron chi connectivity index (χ4n) is 1.69. The summed E-state index contributed by atoms with van der Waals surface area (Å²) in [4.78, 5) is 0. The first-order chi connectivity index (χ1) is 11.6. The van der Waals surface area contributed by atoms with Crippen molar-refractivity contribution in [1.82, 2.24) is 0 Å². The fraction of sp³-hybridized carbons (Fsp3) is 0.500. The van der Waals surface area contributed by atoms with Gasteiger partial charge in [0.05, 0.1) is 0 Å². The molecule has 1 aromatic carbocycles. The molecule has 0 spiro atoms. The standard InChI is InChI=1S/C12H3Br2F13/c13-5-1-4(2-6(14)3-5)7(15,16)8(17,18)9(19,20)10(21,22)11(23,24)12(25,26)27/h1-3H. The minimum Gasteiger partial charge on any atom is -0.194 e. The second kappa shape index (κ2) is 6.66. The van der Waals surface area contributed by atoms with E-state index < -0.39 is 50.3 Å². The summed E-state index contributed by atoms with van der Waals surface area (Å²) in [5, 5.41) is 0. The first-order valence-corrected chi connectivity index (χ1v) is 7.65. The molecule has 0 atom stereocenters. The van der Waals surface area contributed by atoms with Gasteiger partial charge in [-0.05, 0) is 18.2 Å². The summed E-state index contributed by atoms with van der Waals surface area (Å²) in [5.74, 6) is -37.1. The summed E-state index contributed by atoms with van der Waals surface area (Å²) in [5.41, 5.74) is -2.06. The number of halogens is 15. The van der Waals surface area contributed by atoms with Crippen molar-refractivity contribution in [1.29, 1.82) is 0 Å². The third-order valence-electron chi connectivity index (χ3n) is 3.16. The van der Waals surface area contributed by atoms with Gasteiger partial charge in [-0.25, -0.2) is 0 Å². The van der Waals surface area contributed by atoms with Crippen molar-refractivity contribution in [3.05, 3.63) is 32.7 Å². The van der Waals surface area contributed by atoms with Crippen molar-refractivity contribution in [2.75, 3.05) is 0 Å². The first-order valence-electron chi connectivity index (χ1n) is 6.07. The Morgan fingerprint density at radius 1 is 0.481 bits per heavy atom. The smallest absolute Gasteiger partial charge is 0.194 e. The topological polar surface area (TPSA) is 0 Å². The lowest BCUT2D eigenvalue weighted by atomic mass is 9.90. The van der Waals surface area contributed by atoms with Crippen LogP contribution in [0.3, 0.4) is 0 Å². The second-order valence-corrected chi connectivity index (χ2v) is 6.86. The van der Waals surface area contributed by atoms with E-state index in [9.17, 15) is 57.1 Å². The van der Waals surface area contributed by atoms with Crippen molar-refractivity contribution in [2.45, 2.75) is 35.8 Å². The number of hydrogen-bond donors (Lipinski definition) is 0. The van der Waals surface area contributed by atoms with Crippen LogP contribution in [0.4, 0.5) is 57.1 Å². The molecule has 0 radical (unpaired) electrons. The average Bonchev–Trinajstić information content (AvgIpc) is 2.44. The maximum absolute atomic E-state index is 13.9. The van der Waals surface area contributed by atoms with Gasteiger partial charge >= 0.3 is 35.8 Å². The Hall–Kier alpha value is -0.730. The van der Waals surface area contributed by atoms with Gasteiger partial charge in [-0.1, -0.05) is 31.9 Å². The molecule has 1 aromatic rings. The highest BCUT2D eigenvalue weighted by atomic mass is 79.9. The van der Waals surface area contributed by atoms with Crippen LogP contribution in [-0.2, 0) is 5.92 Å². The Bertz CT molecular complexity index is 687. The van der Waals surface area contributed by atoms with Gasteiger partial charge < -0.3 is 0 Å². The van der Waals surface area contributed by atoms with E-state index in [0.717, 1.165) is 6.07 Å². The molecule has 0 nitrogen and oxygen atoms in total. The molecule has 0 saturated heterocycles. The molecule has 0 amide bonds. The van der Waals surface area contributed by atoms with Crippen LogP contribution in [0.15, 0.2) is 27.1 Å². The van der Waals surface area contributed by atoms with Crippen LogP contribution in [0.1, 0.15) is 5.56 Å². The van der Waals surface area contributed by atoms with Crippen LogP contribution in [0.5, 0.6) is 0 Å². The maximum Gasteiger partial charge on any atom is 0.460 e. The zero-order chi connectivity index (χ0) is 21.9. The zero-order valence-electron chi connectivity index (χ0n) is 11.9. The maximum atomic E-state index is 13.9. The molecule has 0 saturated carbocycles. The Balaban J connectivity index is 3.63. The Morgan fingerprint density at radius 3 is 1.15 bits per heavy atom. The summed E-state index contributed by atoms with van der Waals surface area (Å²) < 4.78 is 168. The van der Waals surface area contributed by atoms with Gasteiger partial charge in [0, 0.05) is 14.5 Å². The first kappa shape index (κ1) is 24.3. The SMILES string of the molecule is FC(F)(F)C(F)(F)C(F)(F)C(F)(F)C(F)(F)C(F)(F)c1cc(Br)cc(Br)c1. The molecule has 15 heteroatoms. The van der Waals surface area contributed by atoms with Crippen LogP contribution >= 0.6 is 31.9 Å². The molecule has 0 aliphatic heterocycles. The molecule has 0 heterocycles. The molecule has 27 heavy (non-hydrogen) atoms. The average molecular weight is 554 g/mol. The van der Waals surface area contributed by atoms with Crippen LogP contribution in [0.2, 0.25) is 0 Å². The van der Waals surface area contributed by atoms with Gasteiger partial charge in [0.1, 0.15) is 0 Å². The van der Waals surface area contributed by atoms with Crippen LogP contribution < -0.4 is 0 Å². The van der Waals surface area contributed by atoms with Gasteiger partial charge in [0.2, 0.25) is 0 Å². The van der Waals surface area contributed by atoms with E-state index in [4.69, 9.17) is 0 Å². The number of alkyl halides is 13. The van der Waals surface area contributed by atoms with Crippen LogP contribution in [-0.4, -0.2) is 29.9 Å². The summed E-state index contributed by atoms with van der Waals surface area (Å²) in [6, 6.07) is 1.06. The quantitative estimate of drug-likeness (QED) is 0.333. The Labute approximate surface area is 158 Å². The zero-order valence-corrected chi connectivity index (χ0v) is 15.1. The highest BCUT2D eigenvalue weighted by Crippen LogP contribution is 2.62. The Morgan fingerprint density at radius 2 is 0.815 bits per heavy atom. The van der Waals surface area contributed by atoms with E-state index in [1.54, 1.807) is 0 Å². The third kappa shape index (κ3) is 3.53. The van der Waals surface area contributed by atoms with Gasteiger partial charge in [-0.3, -0.25) is 0 Å². The molecule has 0 fully saturated rings. The van der Waals surface area contributed by atoms with E-state index in [0.29, 0.717) is 0 Å². The normalized spacial score (nSPS) is 15.2. The van der Waals surface area contributed by atoms with E-state index in [1.807, 2.05) is 0 Å². The minimum absolute atomic E-state index is 0.0643. The van der Waals surface area contributed by atoms with Crippen LogP contribution in [0.25, 0.3) is 0 Å². The molecule has 0 aromatic heterocycles. The van der Waals surface area contributed by atoms with Crippen LogP contribution in [0, 0.1) is 0 Å². The molecule has 0 bridgehead atoms. The Kier molecular flexibility index (Phi) is 6.00. The van der Waals surface area contributed by atoms with Crippen molar-refractivity contribution >= 4 is 31.9 Å². The number of benzene rings is 1. The summed E-state index contributed by atoms with van der Waals surface area (Å²) in [7, 11) is 0. The van der Waals surface area contributed by atoms with Crippen molar-refractivity contribution < 1.29 is 57.1 Å².